The molecule has 11 nitrogen and oxygen atoms in total. The highest BCUT2D eigenvalue weighted by atomic mass is 15.0. The first-order valence-electron chi connectivity index (χ1n) is 35.3. The Labute approximate surface area is 612 Å². The molecule has 0 aliphatic heterocycles. The molecule has 0 amide bonds. The van der Waals surface area contributed by atoms with Crippen molar-refractivity contribution in [3.05, 3.63) is 357 Å². The number of aryl methyl sites for hydroxylation is 2. The summed E-state index contributed by atoms with van der Waals surface area (Å²) in [5.41, 5.74) is 25.5. The molecule has 19 rings (SSSR count). The maximum Gasteiger partial charge on any atom is 0.182 e. The van der Waals surface area contributed by atoms with Gasteiger partial charge < -0.3 is 0 Å². The van der Waals surface area contributed by atoms with Crippen LogP contribution in [-0.4, -0.2) is 54.8 Å². The maximum atomic E-state index is 5.29. The lowest BCUT2D eigenvalue weighted by atomic mass is 9.94. The van der Waals surface area contributed by atoms with Crippen LogP contribution in [0.15, 0.2) is 346 Å². The molecular formula is C95H63N11. The van der Waals surface area contributed by atoms with Crippen LogP contribution in [-0.2, 0) is 0 Å². The first kappa shape index (κ1) is 63.9. The van der Waals surface area contributed by atoms with Crippen molar-refractivity contribution < 1.29 is 0 Å². The van der Waals surface area contributed by atoms with Crippen molar-refractivity contribution in [2.24, 2.45) is 0 Å². The largest absolute Gasteiger partial charge is 0.253 e. The number of fused-ring (bicyclic) bond motifs is 7. The van der Waals surface area contributed by atoms with Crippen LogP contribution in [0.1, 0.15) is 11.4 Å². The molecule has 0 aliphatic carbocycles. The van der Waals surface area contributed by atoms with Crippen molar-refractivity contribution in [1.82, 2.24) is 54.8 Å². The van der Waals surface area contributed by atoms with Gasteiger partial charge in [-0.1, -0.05) is 267 Å². The average Bonchev–Trinajstić information content (AvgIpc) is 0.756. The van der Waals surface area contributed by atoms with Gasteiger partial charge in [-0.2, -0.15) is 0 Å². The van der Waals surface area contributed by atoms with Crippen LogP contribution in [0.2, 0.25) is 0 Å². The van der Waals surface area contributed by atoms with E-state index in [4.69, 9.17) is 44.9 Å². The summed E-state index contributed by atoms with van der Waals surface area (Å²) in [5.74, 6) is 2.34. The quantitative estimate of drug-likeness (QED) is 0.108. The Bertz CT molecular complexity index is 6370. The summed E-state index contributed by atoms with van der Waals surface area (Å²) >= 11 is 0. The predicted octanol–water partition coefficient (Wildman–Crippen LogP) is 23.1. The molecule has 0 bridgehead atoms. The zero-order valence-corrected chi connectivity index (χ0v) is 57.8. The fourth-order valence-corrected chi connectivity index (χ4v) is 13.8. The Morgan fingerprint density at radius 3 is 1.08 bits per heavy atom. The summed E-state index contributed by atoms with van der Waals surface area (Å²) in [6.07, 6.45) is 3.53. The Morgan fingerprint density at radius 1 is 0.179 bits per heavy atom. The number of hydrogen-bond acceptors (Lipinski definition) is 11. The summed E-state index contributed by atoms with van der Waals surface area (Å²) in [6, 6.07) is 115. The van der Waals surface area contributed by atoms with Gasteiger partial charge in [-0.3, -0.25) is 19.9 Å². The second-order valence-corrected chi connectivity index (χ2v) is 26.3. The van der Waals surface area contributed by atoms with Gasteiger partial charge >= 0.3 is 0 Å². The third-order valence-corrected chi connectivity index (χ3v) is 19.3. The number of aromatic nitrogens is 11. The maximum absolute atomic E-state index is 5.29. The molecule has 8 aromatic heterocycles. The monoisotopic (exact) mass is 1360 g/mol. The van der Waals surface area contributed by atoms with Gasteiger partial charge in [0.25, 0.3) is 0 Å². The third kappa shape index (κ3) is 12.9. The van der Waals surface area contributed by atoms with Gasteiger partial charge in [0.05, 0.1) is 44.8 Å². The van der Waals surface area contributed by atoms with Crippen molar-refractivity contribution in [1.29, 1.82) is 0 Å². The Morgan fingerprint density at radius 2 is 0.547 bits per heavy atom. The minimum atomic E-state index is 0.539. The van der Waals surface area contributed by atoms with Crippen molar-refractivity contribution >= 4 is 54.4 Å². The van der Waals surface area contributed by atoms with Gasteiger partial charge in [-0.25, -0.2) is 34.9 Å². The molecule has 0 unspecified atom stereocenters. The molecule has 8 heterocycles. The summed E-state index contributed by atoms with van der Waals surface area (Å²) in [5, 5.41) is 6.71. The zero-order valence-electron chi connectivity index (χ0n) is 57.8. The lowest BCUT2D eigenvalue weighted by molar-refractivity contribution is 1.06. The second kappa shape index (κ2) is 27.9. The Hall–Kier alpha value is -14.3. The summed E-state index contributed by atoms with van der Waals surface area (Å²) in [7, 11) is 0. The minimum Gasteiger partial charge on any atom is -0.253 e. The predicted molar refractivity (Wildman–Crippen MR) is 431 cm³/mol. The van der Waals surface area contributed by atoms with Crippen LogP contribution < -0.4 is 0 Å². The van der Waals surface area contributed by atoms with Gasteiger partial charge in [-0.05, 0) is 136 Å². The van der Waals surface area contributed by atoms with E-state index in [1.54, 1.807) is 12.4 Å². The molecular weight excluding hydrogens is 1300 g/mol. The highest BCUT2D eigenvalue weighted by Gasteiger charge is 2.20. The van der Waals surface area contributed by atoms with Crippen molar-refractivity contribution in [3.63, 3.8) is 0 Å². The Kier molecular flexibility index (Phi) is 16.8. The second-order valence-electron chi connectivity index (χ2n) is 26.3. The molecule has 0 saturated carbocycles. The molecule has 0 radical (unpaired) electrons. The number of hydrogen-bond donors (Lipinski definition) is 0. The molecule has 19 aromatic rings. The van der Waals surface area contributed by atoms with Crippen LogP contribution in [0.5, 0.6) is 0 Å². The normalized spacial score (nSPS) is 11.3. The van der Waals surface area contributed by atoms with Crippen LogP contribution >= 0.6 is 0 Å². The summed E-state index contributed by atoms with van der Waals surface area (Å²) in [6.45, 7) is 4.06. The van der Waals surface area contributed by atoms with Crippen LogP contribution in [0, 0.1) is 13.8 Å². The van der Waals surface area contributed by atoms with Crippen LogP contribution in [0.4, 0.5) is 0 Å². The summed E-state index contributed by atoms with van der Waals surface area (Å²) in [4.78, 5) is 53.8. The van der Waals surface area contributed by atoms with Gasteiger partial charge in [-0.15, -0.1) is 0 Å². The van der Waals surface area contributed by atoms with Gasteiger partial charge in [0, 0.05) is 78.7 Å². The number of rotatable bonds is 12. The van der Waals surface area contributed by atoms with Crippen molar-refractivity contribution in [3.8, 4) is 135 Å². The molecule has 0 atom stereocenters. The van der Waals surface area contributed by atoms with Crippen molar-refractivity contribution in [2.75, 3.05) is 0 Å². The Balaban J connectivity index is 0.000000151. The lowest BCUT2D eigenvalue weighted by Crippen LogP contribution is -2.00. The fraction of sp³-hybridized carbons (Fsp3) is 0.0211. The number of benzene rings is 11. The first-order chi connectivity index (χ1) is 52.3. The molecule has 498 valence electrons. The molecule has 0 aliphatic rings. The molecule has 11 heteroatoms. The van der Waals surface area contributed by atoms with E-state index in [-0.39, 0.29) is 0 Å². The lowest BCUT2D eigenvalue weighted by Gasteiger charge is -2.14. The molecule has 0 spiro atoms. The van der Waals surface area contributed by atoms with E-state index in [0.717, 1.165) is 161 Å². The zero-order chi connectivity index (χ0) is 70.9. The number of pyridine rings is 6. The van der Waals surface area contributed by atoms with E-state index in [1.165, 1.54) is 10.8 Å². The van der Waals surface area contributed by atoms with Crippen LogP contribution in [0.25, 0.3) is 190 Å². The number of nitrogens with zero attached hydrogens (tertiary/aromatic N) is 11. The average molecular weight is 1360 g/mol. The summed E-state index contributed by atoms with van der Waals surface area (Å²) < 4.78 is 0. The fourth-order valence-electron chi connectivity index (χ4n) is 13.8. The minimum absolute atomic E-state index is 0.539. The van der Waals surface area contributed by atoms with Crippen LogP contribution in [0.3, 0.4) is 0 Å². The first-order valence-corrected chi connectivity index (χ1v) is 35.3. The molecule has 0 N–H and O–H groups in total. The van der Waals surface area contributed by atoms with E-state index in [2.05, 4.69) is 247 Å². The molecule has 0 saturated heterocycles. The van der Waals surface area contributed by atoms with E-state index >= 15 is 0 Å². The van der Waals surface area contributed by atoms with Gasteiger partial charge in [0.15, 0.2) is 23.3 Å². The standard InChI is InChI=1S/C50H33N5.C45H30N6/c1-32-17-18-37-25-26-42-43(30-45(53-49(42)48(37)52-32)41-24-21-33-10-5-6-13-38(33)29-41)35-22-19-34(20-23-35)39-14-9-15-40(28-39)47-31-46(36-11-3-2-4-12-36)54-50(55-47)44-16-7-8-27-51-44;1-29-15-16-34-25-26-37-38(28-40(33-10-4-2-5-11-33)48-42(37)41(34)47-29)32-21-17-30(18-22-32)31-19-23-36(24-20-31)44-49-43(35-12-6-3-7-13-35)50-45(51-44)39-14-8-9-27-46-39/h2-31H,1H3;2-28H,1H3. The third-order valence-electron chi connectivity index (χ3n) is 19.3. The van der Waals surface area contributed by atoms with Crippen molar-refractivity contribution in [2.45, 2.75) is 13.8 Å². The van der Waals surface area contributed by atoms with Gasteiger partial charge in [0.2, 0.25) is 0 Å². The molecule has 106 heavy (non-hydrogen) atoms. The van der Waals surface area contributed by atoms with Gasteiger partial charge in [0.1, 0.15) is 11.4 Å². The smallest absolute Gasteiger partial charge is 0.182 e. The topological polar surface area (TPSA) is 142 Å². The van der Waals surface area contributed by atoms with E-state index in [0.29, 0.717) is 29.0 Å². The van der Waals surface area contributed by atoms with E-state index < -0.39 is 0 Å². The SMILES string of the molecule is Cc1ccc2ccc3c(-c4ccc(-c5ccc(-c6nc(-c7ccccc7)nc(-c7ccccn7)n6)cc5)cc4)cc(-c4ccccc4)nc3c2n1.Cc1ccc2ccc3c(-c4ccc(-c5cccc(-c6cc(-c7ccccc7)nc(-c7ccccn7)n6)c5)cc4)cc(-c4ccc5ccccc5c4)nc3c2n1. The van der Waals surface area contributed by atoms with E-state index in [1.807, 2.05) is 111 Å². The highest BCUT2D eigenvalue weighted by Crippen LogP contribution is 2.40. The van der Waals surface area contributed by atoms with E-state index in [9.17, 15) is 0 Å². The molecule has 11 aromatic carbocycles. The molecule has 0 fully saturated rings. The highest BCUT2D eigenvalue weighted by molar-refractivity contribution is 6.11.